The van der Waals surface area contributed by atoms with Gasteiger partial charge in [0.25, 0.3) is 0 Å². The zero-order chi connectivity index (χ0) is 15.5. The lowest BCUT2D eigenvalue weighted by Gasteiger charge is -2.21. The standard InChI is InChI=1S/C19H19N3/c1-14-19(22(2)3)17(15-10-6-4-7-11-15)18(21-20-14)16-12-8-5-9-13-16/h4-13H,1-3H3. The molecule has 3 aromatic rings. The third kappa shape index (κ3) is 2.58. The Hall–Kier alpha value is -2.68. The summed E-state index contributed by atoms with van der Waals surface area (Å²) in [7, 11) is 4.09. The van der Waals surface area contributed by atoms with Crippen molar-refractivity contribution in [2.24, 2.45) is 0 Å². The fraction of sp³-hybridized carbons (Fsp3) is 0.158. The first-order valence-electron chi connectivity index (χ1n) is 7.34. The Labute approximate surface area is 131 Å². The molecule has 3 nitrogen and oxygen atoms in total. The van der Waals surface area contributed by atoms with Crippen molar-refractivity contribution in [1.29, 1.82) is 0 Å². The molecule has 2 aromatic carbocycles. The highest BCUT2D eigenvalue weighted by atomic mass is 15.2. The quantitative estimate of drug-likeness (QED) is 0.724. The van der Waals surface area contributed by atoms with Gasteiger partial charge in [0.1, 0.15) is 5.69 Å². The molecule has 1 heterocycles. The van der Waals surface area contributed by atoms with Gasteiger partial charge in [0.2, 0.25) is 0 Å². The van der Waals surface area contributed by atoms with Crippen molar-refractivity contribution in [3.05, 3.63) is 66.4 Å². The van der Waals surface area contributed by atoms with Crippen molar-refractivity contribution in [1.82, 2.24) is 10.2 Å². The third-order valence-electron chi connectivity index (χ3n) is 3.67. The molecular formula is C19H19N3. The summed E-state index contributed by atoms with van der Waals surface area (Å²) in [6.45, 7) is 2.00. The van der Waals surface area contributed by atoms with Crippen LogP contribution in [-0.2, 0) is 0 Å². The lowest BCUT2D eigenvalue weighted by atomic mass is 9.97. The zero-order valence-electron chi connectivity index (χ0n) is 13.1. The van der Waals surface area contributed by atoms with Gasteiger partial charge in [-0.05, 0) is 12.5 Å². The van der Waals surface area contributed by atoms with Gasteiger partial charge in [-0.3, -0.25) is 0 Å². The van der Waals surface area contributed by atoms with Crippen molar-refractivity contribution in [3.8, 4) is 22.4 Å². The minimum Gasteiger partial charge on any atom is -0.376 e. The number of nitrogens with zero attached hydrogens (tertiary/aromatic N) is 3. The summed E-state index contributed by atoms with van der Waals surface area (Å²) in [4.78, 5) is 2.11. The fourth-order valence-electron chi connectivity index (χ4n) is 2.74. The highest BCUT2D eigenvalue weighted by molar-refractivity contribution is 5.90. The first-order chi connectivity index (χ1) is 10.7. The van der Waals surface area contributed by atoms with Crippen LogP contribution >= 0.6 is 0 Å². The molecule has 0 aliphatic rings. The Balaban J connectivity index is 2.34. The van der Waals surface area contributed by atoms with E-state index in [9.17, 15) is 0 Å². The first kappa shape index (κ1) is 14.3. The van der Waals surface area contributed by atoms with Crippen molar-refractivity contribution in [3.63, 3.8) is 0 Å². The zero-order valence-corrected chi connectivity index (χ0v) is 13.1. The molecule has 0 spiro atoms. The van der Waals surface area contributed by atoms with Crippen LogP contribution in [0, 0.1) is 6.92 Å². The van der Waals surface area contributed by atoms with Gasteiger partial charge in [-0.25, -0.2) is 0 Å². The molecule has 3 rings (SSSR count). The molecule has 0 radical (unpaired) electrons. The number of rotatable bonds is 3. The number of hydrogen-bond acceptors (Lipinski definition) is 3. The fourth-order valence-corrected chi connectivity index (χ4v) is 2.74. The van der Waals surface area contributed by atoms with E-state index >= 15 is 0 Å². The van der Waals surface area contributed by atoms with Gasteiger partial charge in [-0.15, -0.1) is 5.10 Å². The van der Waals surface area contributed by atoms with Crippen LogP contribution in [0.4, 0.5) is 5.69 Å². The van der Waals surface area contributed by atoms with Crippen molar-refractivity contribution < 1.29 is 0 Å². The van der Waals surface area contributed by atoms with Crippen LogP contribution in [0.2, 0.25) is 0 Å². The number of anilines is 1. The number of benzene rings is 2. The van der Waals surface area contributed by atoms with E-state index < -0.39 is 0 Å². The van der Waals surface area contributed by atoms with Crippen LogP contribution < -0.4 is 4.90 Å². The monoisotopic (exact) mass is 289 g/mol. The second-order valence-electron chi connectivity index (χ2n) is 5.48. The number of aromatic nitrogens is 2. The van der Waals surface area contributed by atoms with E-state index in [0.29, 0.717) is 0 Å². The lowest BCUT2D eigenvalue weighted by Crippen LogP contribution is -2.14. The van der Waals surface area contributed by atoms with Crippen molar-refractivity contribution in [2.45, 2.75) is 6.92 Å². The second-order valence-corrected chi connectivity index (χ2v) is 5.48. The maximum atomic E-state index is 4.49. The Morgan fingerprint density at radius 3 is 1.82 bits per heavy atom. The van der Waals surface area contributed by atoms with Gasteiger partial charge in [0.05, 0.1) is 11.4 Å². The number of hydrogen-bond donors (Lipinski definition) is 0. The maximum Gasteiger partial charge on any atom is 0.103 e. The normalized spacial score (nSPS) is 10.5. The molecule has 3 heteroatoms. The third-order valence-corrected chi connectivity index (χ3v) is 3.67. The Morgan fingerprint density at radius 2 is 1.27 bits per heavy atom. The van der Waals surface area contributed by atoms with Crippen LogP contribution in [0.15, 0.2) is 60.7 Å². The van der Waals surface area contributed by atoms with Gasteiger partial charge in [-0.2, -0.15) is 5.10 Å². The Kier molecular flexibility index (Phi) is 3.88. The molecule has 0 saturated heterocycles. The molecule has 0 aliphatic heterocycles. The minimum atomic E-state index is 0.918. The van der Waals surface area contributed by atoms with E-state index in [1.807, 2.05) is 45.3 Å². The van der Waals surface area contributed by atoms with E-state index in [1.165, 1.54) is 0 Å². The first-order valence-corrected chi connectivity index (χ1v) is 7.34. The highest BCUT2D eigenvalue weighted by Gasteiger charge is 2.18. The van der Waals surface area contributed by atoms with Gasteiger partial charge in [0.15, 0.2) is 0 Å². The van der Waals surface area contributed by atoms with Crippen LogP contribution in [-0.4, -0.2) is 24.3 Å². The Bertz CT molecular complexity index is 765. The molecule has 0 atom stereocenters. The average Bonchev–Trinajstić information content (AvgIpc) is 2.56. The summed E-state index contributed by atoms with van der Waals surface area (Å²) in [5.41, 5.74) is 6.33. The van der Waals surface area contributed by atoms with Crippen LogP contribution in [0.25, 0.3) is 22.4 Å². The second kappa shape index (κ2) is 5.98. The molecule has 110 valence electrons. The maximum absolute atomic E-state index is 4.49. The van der Waals surface area contributed by atoms with Crippen molar-refractivity contribution in [2.75, 3.05) is 19.0 Å². The molecular weight excluding hydrogens is 270 g/mol. The van der Waals surface area contributed by atoms with Crippen LogP contribution in [0.3, 0.4) is 0 Å². The lowest BCUT2D eigenvalue weighted by molar-refractivity contribution is 0.964. The summed E-state index contributed by atoms with van der Waals surface area (Å²) in [5.74, 6) is 0. The molecule has 22 heavy (non-hydrogen) atoms. The van der Waals surface area contributed by atoms with Gasteiger partial charge in [-0.1, -0.05) is 60.7 Å². The largest absolute Gasteiger partial charge is 0.376 e. The van der Waals surface area contributed by atoms with E-state index in [4.69, 9.17) is 0 Å². The van der Waals surface area contributed by atoms with E-state index in [1.54, 1.807) is 0 Å². The molecule has 0 bridgehead atoms. The molecule has 0 N–H and O–H groups in total. The van der Waals surface area contributed by atoms with Crippen LogP contribution in [0.1, 0.15) is 5.69 Å². The molecule has 0 unspecified atom stereocenters. The summed E-state index contributed by atoms with van der Waals surface area (Å²) in [6.07, 6.45) is 0. The minimum absolute atomic E-state index is 0.918. The summed E-state index contributed by atoms with van der Waals surface area (Å²) in [6, 6.07) is 20.6. The molecule has 0 amide bonds. The van der Waals surface area contributed by atoms with E-state index in [2.05, 4.69) is 51.5 Å². The summed E-state index contributed by atoms with van der Waals surface area (Å²) in [5, 5.41) is 8.86. The SMILES string of the molecule is Cc1nnc(-c2ccccc2)c(-c2ccccc2)c1N(C)C. The van der Waals surface area contributed by atoms with Crippen LogP contribution in [0.5, 0.6) is 0 Å². The predicted octanol–water partition coefficient (Wildman–Crippen LogP) is 4.19. The topological polar surface area (TPSA) is 29.0 Å². The molecule has 1 aromatic heterocycles. The van der Waals surface area contributed by atoms with Gasteiger partial charge >= 0.3 is 0 Å². The summed E-state index contributed by atoms with van der Waals surface area (Å²) >= 11 is 0. The molecule has 0 aliphatic carbocycles. The highest BCUT2D eigenvalue weighted by Crippen LogP contribution is 2.38. The smallest absolute Gasteiger partial charge is 0.103 e. The molecule has 0 fully saturated rings. The van der Waals surface area contributed by atoms with E-state index in [0.717, 1.165) is 33.8 Å². The Morgan fingerprint density at radius 1 is 0.727 bits per heavy atom. The summed E-state index contributed by atoms with van der Waals surface area (Å²) < 4.78 is 0. The van der Waals surface area contributed by atoms with Gasteiger partial charge < -0.3 is 4.90 Å². The number of aryl methyl sites for hydroxylation is 1. The predicted molar refractivity (Wildman–Crippen MR) is 92.0 cm³/mol. The van der Waals surface area contributed by atoms with E-state index in [-0.39, 0.29) is 0 Å². The average molecular weight is 289 g/mol. The van der Waals surface area contributed by atoms with Gasteiger partial charge in [0, 0.05) is 25.2 Å². The molecule has 0 saturated carbocycles. The van der Waals surface area contributed by atoms with Crippen molar-refractivity contribution >= 4 is 5.69 Å².